The van der Waals surface area contributed by atoms with Crippen LogP contribution in [0.3, 0.4) is 0 Å². The molecule has 2 atom stereocenters. The zero-order chi connectivity index (χ0) is 14.9. The quantitative estimate of drug-likeness (QED) is 0.931. The number of carbonyl (C=O) groups excluding carboxylic acids is 1. The average molecular weight is 318 g/mol. The maximum atomic E-state index is 13.0. The minimum atomic E-state index is -1.04. The van der Waals surface area contributed by atoms with Crippen molar-refractivity contribution >= 4 is 35.2 Å². The minimum Gasteiger partial charge on any atom is -0.480 e. The van der Waals surface area contributed by atoms with E-state index in [1.54, 1.807) is 0 Å². The highest BCUT2D eigenvalue weighted by molar-refractivity contribution is 8.00. The van der Waals surface area contributed by atoms with Gasteiger partial charge in [0.2, 0.25) is 0 Å². The Morgan fingerprint density at radius 3 is 2.80 bits per heavy atom. The van der Waals surface area contributed by atoms with E-state index < -0.39 is 23.7 Å². The van der Waals surface area contributed by atoms with E-state index in [0.29, 0.717) is 12.2 Å². The van der Waals surface area contributed by atoms with Crippen LogP contribution in [0.4, 0.5) is 4.39 Å². The largest absolute Gasteiger partial charge is 0.480 e. The second-order valence-electron chi connectivity index (χ2n) is 4.39. The number of carbonyl (C=O) groups is 2. The molecule has 0 bridgehead atoms. The lowest BCUT2D eigenvalue weighted by atomic mass is 10.1. The highest BCUT2D eigenvalue weighted by Gasteiger charge is 2.41. The number of carboxylic acid groups (broad SMARTS) is 1. The van der Waals surface area contributed by atoms with Gasteiger partial charge in [0.25, 0.3) is 5.91 Å². The normalized spacial score (nSPS) is 22.1. The van der Waals surface area contributed by atoms with Crippen molar-refractivity contribution in [1.29, 1.82) is 0 Å². The molecule has 7 heteroatoms. The van der Waals surface area contributed by atoms with Gasteiger partial charge in [-0.1, -0.05) is 18.5 Å². The predicted octanol–water partition coefficient (Wildman–Crippen LogP) is 2.86. The van der Waals surface area contributed by atoms with Crippen molar-refractivity contribution in [3.05, 3.63) is 34.6 Å². The smallest absolute Gasteiger partial charge is 0.327 e. The molecule has 1 aliphatic rings. The fraction of sp³-hybridized carbons (Fsp3) is 0.385. The second-order valence-corrected chi connectivity index (χ2v) is 6.00. The second kappa shape index (κ2) is 6.01. The van der Waals surface area contributed by atoms with E-state index in [9.17, 15) is 19.1 Å². The summed E-state index contributed by atoms with van der Waals surface area (Å²) in [4.78, 5) is 25.1. The van der Waals surface area contributed by atoms with E-state index in [4.69, 9.17) is 11.6 Å². The Kier molecular flexibility index (Phi) is 4.55. The van der Waals surface area contributed by atoms with E-state index in [-0.39, 0.29) is 16.0 Å². The van der Waals surface area contributed by atoms with Crippen LogP contribution in [0.5, 0.6) is 0 Å². The lowest BCUT2D eigenvalue weighted by molar-refractivity contribution is -0.141. The van der Waals surface area contributed by atoms with E-state index in [2.05, 4.69) is 0 Å². The standard InChI is InChI=1S/C13H13ClFNO3S/c1-2-11-16(10(6-20-11)13(18)19)12(17)8-4-3-7(15)5-9(8)14/h3-5,10-11H,2,6H2,1H3,(H,18,19). The molecule has 0 spiro atoms. The van der Waals surface area contributed by atoms with Crippen LogP contribution in [0.2, 0.25) is 5.02 Å². The van der Waals surface area contributed by atoms with Crippen LogP contribution in [0.25, 0.3) is 0 Å². The van der Waals surface area contributed by atoms with Crippen LogP contribution in [0, 0.1) is 5.82 Å². The third-order valence-corrected chi connectivity index (χ3v) is 4.89. The maximum absolute atomic E-state index is 13.0. The molecule has 1 heterocycles. The van der Waals surface area contributed by atoms with Gasteiger partial charge >= 0.3 is 5.97 Å². The van der Waals surface area contributed by atoms with Crippen molar-refractivity contribution in [3.8, 4) is 0 Å². The molecule has 0 aliphatic carbocycles. The third kappa shape index (κ3) is 2.76. The van der Waals surface area contributed by atoms with Gasteiger partial charge in [-0.05, 0) is 24.6 Å². The number of carboxylic acids is 1. The number of benzene rings is 1. The molecule has 4 nitrogen and oxygen atoms in total. The lowest BCUT2D eigenvalue weighted by Gasteiger charge is -2.27. The summed E-state index contributed by atoms with van der Waals surface area (Å²) in [6.07, 6.45) is 0.638. The topological polar surface area (TPSA) is 57.6 Å². The average Bonchev–Trinajstić information content (AvgIpc) is 2.81. The van der Waals surface area contributed by atoms with Crippen molar-refractivity contribution in [2.24, 2.45) is 0 Å². The van der Waals surface area contributed by atoms with Crippen molar-refractivity contribution in [2.45, 2.75) is 24.8 Å². The monoisotopic (exact) mass is 317 g/mol. The third-order valence-electron chi connectivity index (χ3n) is 3.12. The summed E-state index contributed by atoms with van der Waals surface area (Å²) in [5.74, 6) is -1.71. The van der Waals surface area contributed by atoms with E-state index in [1.807, 2.05) is 6.92 Å². The van der Waals surface area contributed by atoms with Gasteiger partial charge in [-0.2, -0.15) is 0 Å². The summed E-state index contributed by atoms with van der Waals surface area (Å²) in [6.45, 7) is 1.88. The van der Waals surface area contributed by atoms with Crippen molar-refractivity contribution < 1.29 is 19.1 Å². The number of aliphatic carboxylic acids is 1. The molecule has 1 amide bonds. The number of amides is 1. The first-order chi connectivity index (χ1) is 9.45. The van der Waals surface area contributed by atoms with Crippen LogP contribution in [0.15, 0.2) is 18.2 Å². The summed E-state index contributed by atoms with van der Waals surface area (Å²) in [5, 5.41) is 8.99. The van der Waals surface area contributed by atoms with Crippen molar-refractivity contribution in [2.75, 3.05) is 5.75 Å². The molecule has 108 valence electrons. The molecule has 2 unspecified atom stereocenters. The molecule has 0 radical (unpaired) electrons. The Morgan fingerprint density at radius 2 is 2.25 bits per heavy atom. The number of nitrogens with zero attached hydrogens (tertiary/aromatic N) is 1. The van der Waals surface area contributed by atoms with Gasteiger partial charge in [0.05, 0.1) is 16.0 Å². The van der Waals surface area contributed by atoms with Crippen LogP contribution < -0.4 is 0 Å². The molecule has 1 N–H and O–H groups in total. The number of hydrogen-bond donors (Lipinski definition) is 1. The summed E-state index contributed by atoms with van der Waals surface area (Å²) < 4.78 is 13.0. The summed E-state index contributed by atoms with van der Waals surface area (Å²) in [6, 6.07) is 2.60. The Balaban J connectivity index is 2.36. The van der Waals surface area contributed by atoms with Gasteiger partial charge in [0, 0.05) is 5.75 Å². The minimum absolute atomic E-state index is 0.00843. The predicted molar refractivity (Wildman–Crippen MR) is 75.5 cm³/mol. The molecule has 1 aromatic rings. The van der Waals surface area contributed by atoms with E-state index in [0.717, 1.165) is 12.1 Å². The number of thioether (sulfide) groups is 1. The number of hydrogen-bond acceptors (Lipinski definition) is 3. The van der Waals surface area contributed by atoms with E-state index >= 15 is 0 Å². The first-order valence-electron chi connectivity index (χ1n) is 6.07. The van der Waals surface area contributed by atoms with Gasteiger partial charge in [-0.25, -0.2) is 9.18 Å². The molecule has 1 aromatic carbocycles. The van der Waals surface area contributed by atoms with Gasteiger partial charge in [-0.3, -0.25) is 4.79 Å². The molecule has 1 aliphatic heterocycles. The fourth-order valence-corrected chi connectivity index (χ4v) is 3.74. The molecule has 0 saturated carbocycles. The van der Waals surface area contributed by atoms with Gasteiger partial charge in [0.1, 0.15) is 11.9 Å². The highest BCUT2D eigenvalue weighted by atomic mass is 35.5. The molecular formula is C13H13ClFNO3S. The number of halogens is 2. The van der Waals surface area contributed by atoms with Gasteiger partial charge < -0.3 is 10.0 Å². The SMILES string of the molecule is CCC1SCC(C(=O)O)N1C(=O)c1ccc(F)cc1Cl. The molecule has 1 saturated heterocycles. The van der Waals surface area contributed by atoms with Gasteiger partial charge in [-0.15, -0.1) is 11.8 Å². The molecule has 1 fully saturated rings. The van der Waals surface area contributed by atoms with E-state index in [1.165, 1.54) is 22.7 Å². The Labute approximate surface area is 124 Å². The summed E-state index contributed by atoms with van der Waals surface area (Å²) in [7, 11) is 0. The maximum Gasteiger partial charge on any atom is 0.327 e. The highest BCUT2D eigenvalue weighted by Crippen LogP contribution is 2.33. The zero-order valence-corrected chi connectivity index (χ0v) is 12.2. The van der Waals surface area contributed by atoms with Crippen molar-refractivity contribution in [3.63, 3.8) is 0 Å². The zero-order valence-electron chi connectivity index (χ0n) is 10.7. The first kappa shape index (κ1) is 15.1. The van der Waals surface area contributed by atoms with Crippen LogP contribution in [-0.2, 0) is 4.79 Å². The molecular weight excluding hydrogens is 305 g/mol. The molecule has 0 aromatic heterocycles. The van der Waals surface area contributed by atoms with Crippen LogP contribution in [-0.4, -0.2) is 39.1 Å². The lowest BCUT2D eigenvalue weighted by Crippen LogP contribution is -2.45. The first-order valence-corrected chi connectivity index (χ1v) is 7.50. The summed E-state index contributed by atoms with van der Waals surface area (Å²) in [5.41, 5.74) is 0.125. The Morgan fingerprint density at radius 1 is 1.55 bits per heavy atom. The Bertz CT molecular complexity index is 554. The van der Waals surface area contributed by atoms with Crippen LogP contribution in [0.1, 0.15) is 23.7 Å². The molecule has 20 heavy (non-hydrogen) atoms. The van der Waals surface area contributed by atoms with Crippen molar-refractivity contribution in [1.82, 2.24) is 4.90 Å². The van der Waals surface area contributed by atoms with Gasteiger partial charge in [0.15, 0.2) is 0 Å². The Hall–Kier alpha value is -1.27. The van der Waals surface area contributed by atoms with Crippen LogP contribution >= 0.6 is 23.4 Å². The number of rotatable bonds is 3. The summed E-state index contributed by atoms with van der Waals surface area (Å²) >= 11 is 7.31. The fourth-order valence-electron chi connectivity index (χ4n) is 2.14. The molecule has 2 rings (SSSR count).